The van der Waals surface area contributed by atoms with E-state index in [1.165, 1.54) is 0 Å². The van der Waals surface area contributed by atoms with Crippen molar-refractivity contribution in [2.75, 3.05) is 13.2 Å². The Bertz CT molecular complexity index is 966. The van der Waals surface area contributed by atoms with Crippen LogP contribution in [0.2, 0.25) is 0 Å². The van der Waals surface area contributed by atoms with E-state index in [2.05, 4.69) is 5.32 Å². The molecule has 30 heavy (non-hydrogen) atoms. The molecule has 154 valence electrons. The molecule has 3 aromatic rings. The topological polar surface area (TPSA) is 64.6 Å². The van der Waals surface area contributed by atoms with Crippen LogP contribution in [0.15, 0.2) is 78.9 Å². The molecule has 0 aliphatic rings. The maximum atomic E-state index is 12.4. The van der Waals surface area contributed by atoms with Gasteiger partial charge in [-0.1, -0.05) is 42.5 Å². The van der Waals surface area contributed by atoms with Crippen LogP contribution in [0.5, 0.6) is 11.5 Å². The molecule has 0 heterocycles. The van der Waals surface area contributed by atoms with Crippen molar-refractivity contribution < 1.29 is 19.1 Å². The van der Waals surface area contributed by atoms with E-state index < -0.39 is 0 Å². The summed E-state index contributed by atoms with van der Waals surface area (Å²) in [6, 6.07) is 23.4. The second-order valence-corrected chi connectivity index (χ2v) is 6.80. The maximum absolute atomic E-state index is 12.4. The number of rotatable bonds is 9. The first-order valence-corrected chi connectivity index (χ1v) is 9.91. The first-order valence-electron chi connectivity index (χ1n) is 9.91. The van der Waals surface area contributed by atoms with Crippen LogP contribution < -0.4 is 14.8 Å². The molecule has 0 bridgehead atoms. The molecule has 0 saturated carbocycles. The molecular weight excluding hydrogens is 378 g/mol. The van der Waals surface area contributed by atoms with E-state index in [1.807, 2.05) is 56.3 Å². The van der Waals surface area contributed by atoms with Crippen molar-refractivity contribution in [3.8, 4) is 11.5 Å². The highest BCUT2D eigenvalue weighted by atomic mass is 16.5. The molecule has 0 radical (unpaired) electrons. The maximum Gasteiger partial charge on any atom is 0.258 e. The van der Waals surface area contributed by atoms with Gasteiger partial charge >= 0.3 is 0 Å². The summed E-state index contributed by atoms with van der Waals surface area (Å²) in [5, 5.41) is 2.91. The number of hydrogen-bond donors (Lipinski definition) is 1. The fraction of sp³-hybridized carbons (Fsp3) is 0.200. The standard InChI is InChI=1S/C25H25NO4/c1-3-29-22-13-9-19(10-14-22)18(2)26-24(27)17-30-23-15-11-21(12-16-23)25(28)20-7-5-4-6-8-20/h4-16,18H,3,17H2,1-2H3,(H,26,27)/t18-/m0/s1. The van der Waals surface area contributed by atoms with Gasteiger partial charge in [0.15, 0.2) is 12.4 Å². The smallest absolute Gasteiger partial charge is 0.258 e. The summed E-state index contributed by atoms with van der Waals surface area (Å²) in [4.78, 5) is 24.6. The number of ketones is 1. The van der Waals surface area contributed by atoms with Gasteiger partial charge in [-0.25, -0.2) is 0 Å². The molecule has 3 rings (SSSR count). The van der Waals surface area contributed by atoms with Crippen molar-refractivity contribution in [2.45, 2.75) is 19.9 Å². The summed E-state index contributed by atoms with van der Waals surface area (Å²) in [5.41, 5.74) is 2.19. The highest BCUT2D eigenvalue weighted by Crippen LogP contribution is 2.18. The molecule has 3 aromatic carbocycles. The molecule has 0 aromatic heterocycles. The third kappa shape index (κ3) is 5.70. The highest BCUT2D eigenvalue weighted by Gasteiger charge is 2.12. The van der Waals surface area contributed by atoms with Crippen LogP contribution in [0.4, 0.5) is 0 Å². The lowest BCUT2D eigenvalue weighted by Crippen LogP contribution is -2.31. The van der Waals surface area contributed by atoms with Crippen LogP contribution in [0, 0.1) is 0 Å². The Morgan fingerprint density at radius 3 is 2.00 bits per heavy atom. The fourth-order valence-corrected chi connectivity index (χ4v) is 2.99. The quantitative estimate of drug-likeness (QED) is 0.532. The number of nitrogens with one attached hydrogen (secondary N) is 1. The lowest BCUT2D eigenvalue weighted by molar-refractivity contribution is -0.123. The third-order valence-corrected chi connectivity index (χ3v) is 4.59. The van der Waals surface area contributed by atoms with E-state index in [9.17, 15) is 9.59 Å². The van der Waals surface area contributed by atoms with Crippen molar-refractivity contribution in [3.63, 3.8) is 0 Å². The van der Waals surface area contributed by atoms with Crippen LogP contribution in [-0.4, -0.2) is 24.9 Å². The van der Waals surface area contributed by atoms with Crippen molar-refractivity contribution in [3.05, 3.63) is 95.6 Å². The number of carbonyl (C=O) groups excluding carboxylic acids is 2. The van der Waals surface area contributed by atoms with Gasteiger partial charge in [0, 0.05) is 11.1 Å². The highest BCUT2D eigenvalue weighted by molar-refractivity contribution is 6.08. The molecule has 0 spiro atoms. The molecule has 0 saturated heterocycles. The first-order chi connectivity index (χ1) is 14.6. The summed E-state index contributed by atoms with van der Waals surface area (Å²) >= 11 is 0. The molecule has 0 aliphatic heterocycles. The third-order valence-electron chi connectivity index (χ3n) is 4.59. The zero-order chi connectivity index (χ0) is 21.3. The molecule has 1 N–H and O–H groups in total. The summed E-state index contributed by atoms with van der Waals surface area (Å²) in [6.07, 6.45) is 0. The number of amides is 1. The molecule has 1 amide bonds. The lowest BCUT2D eigenvalue weighted by atomic mass is 10.0. The Balaban J connectivity index is 1.50. The summed E-state index contributed by atoms with van der Waals surface area (Å²) in [5.74, 6) is 1.06. The van der Waals surface area contributed by atoms with E-state index in [4.69, 9.17) is 9.47 Å². The van der Waals surface area contributed by atoms with E-state index in [-0.39, 0.29) is 24.3 Å². The zero-order valence-electron chi connectivity index (χ0n) is 17.1. The van der Waals surface area contributed by atoms with Crippen LogP contribution in [0.3, 0.4) is 0 Å². The molecule has 5 heteroatoms. The average Bonchev–Trinajstić information content (AvgIpc) is 2.79. The SMILES string of the molecule is CCOc1ccc([C@H](C)NC(=O)COc2ccc(C(=O)c3ccccc3)cc2)cc1. The molecule has 1 atom stereocenters. The van der Waals surface area contributed by atoms with Gasteiger partial charge in [-0.3, -0.25) is 9.59 Å². The summed E-state index contributed by atoms with van der Waals surface area (Å²) in [6.45, 7) is 4.36. The van der Waals surface area contributed by atoms with Crippen molar-refractivity contribution >= 4 is 11.7 Å². The fourth-order valence-electron chi connectivity index (χ4n) is 2.99. The van der Waals surface area contributed by atoms with Gasteiger partial charge in [0.05, 0.1) is 12.6 Å². The van der Waals surface area contributed by atoms with Gasteiger partial charge in [0.2, 0.25) is 0 Å². The van der Waals surface area contributed by atoms with E-state index in [1.54, 1.807) is 36.4 Å². The first kappa shape index (κ1) is 21.1. The minimum Gasteiger partial charge on any atom is -0.494 e. The Hall–Kier alpha value is -3.60. The Kier molecular flexibility index (Phi) is 7.22. The Labute approximate surface area is 176 Å². The van der Waals surface area contributed by atoms with Crippen LogP contribution in [0.25, 0.3) is 0 Å². The summed E-state index contributed by atoms with van der Waals surface area (Å²) in [7, 11) is 0. The molecule has 5 nitrogen and oxygen atoms in total. The van der Waals surface area contributed by atoms with Gasteiger partial charge in [0.1, 0.15) is 11.5 Å². The van der Waals surface area contributed by atoms with E-state index >= 15 is 0 Å². The number of hydrogen-bond acceptors (Lipinski definition) is 4. The minimum atomic E-state index is -0.221. The molecule has 0 aliphatic carbocycles. The second kappa shape index (κ2) is 10.3. The van der Waals surface area contributed by atoms with Crippen LogP contribution in [-0.2, 0) is 4.79 Å². The second-order valence-electron chi connectivity index (χ2n) is 6.80. The van der Waals surface area contributed by atoms with Crippen LogP contribution in [0.1, 0.15) is 41.4 Å². The number of benzene rings is 3. The van der Waals surface area contributed by atoms with Crippen molar-refractivity contribution in [2.24, 2.45) is 0 Å². The lowest BCUT2D eigenvalue weighted by Gasteiger charge is -2.15. The zero-order valence-corrected chi connectivity index (χ0v) is 17.1. The monoisotopic (exact) mass is 403 g/mol. The average molecular weight is 403 g/mol. The predicted octanol–water partition coefficient (Wildman–Crippen LogP) is 4.57. The van der Waals surface area contributed by atoms with Gasteiger partial charge < -0.3 is 14.8 Å². The summed E-state index contributed by atoms with van der Waals surface area (Å²) < 4.78 is 11.0. The number of carbonyl (C=O) groups is 2. The normalized spacial score (nSPS) is 11.4. The Morgan fingerprint density at radius 1 is 0.800 bits per heavy atom. The van der Waals surface area contributed by atoms with Crippen LogP contribution >= 0.6 is 0 Å². The molecule has 0 fully saturated rings. The van der Waals surface area contributed by atoms with Gasteiger partial charge in [-0.15, -0.1) is 0 Å². The van der Waals surface area contributed by atoms with Crippen molar-refractivity contribution in [1.29, 1.82) is 0 Å². The largest absolute Gasteiger partial charge is 0.494 e. The minimum absolute atomic E-state index is 0.0518. The molecular formula is C25H25NO4. The van der Waals surface area contributed by atoms with Gasteiger partial charge in [0.25, 0.3) is 5.91 Å². The van der Waals surface area contributed by atoms with Gasteiger partial charge in [-0.05, 0) is 55.8 Å². The van der Waals surface area contributed by atoms with Gasteiger partial charge in [-0.2, -0.15) is 0 Å². The molecule has 0 unspecified atom stereocenters. The number of ether oxygens (including phenoxy) is 2. The van der Waals surface area contributed by atoms with E-state index in [0.29, 0.717) is 23.5 Å². The predicted molar refractivity (Wildman–Crippen MR) is 116 cm³/mol. The van der Waals surface area contributed by atoms with E-state index in [0.717, 1.165) is 11.3 Å². The Morgan fingerprint density at radius 2 is 1.37 bits per heavy atom. The van der Waals surface area contributed by atoms with Crippen molar-refractivity contribution in [1.82, 2.24) is 5.32 Å².